The Balaban J connectivity index is 2.26. The van der Waals surface area contributed by atoms with E-state index in [0.29, 0.717) is 6.04 Å². The summed E-state index contributed by atoms with van der Waals surface area (Å²) in [5, 5.41) is 0. The van der Waals surface area contributed by atoms with Gasteiger partial charge in [-0.05, 0) is 48.7 Å². The van der Waals surface area contributed by atoms with Crippen LogP contribution in [0.1, 0.15) is 37.2 Å². The van der Waals surface area contributed by atoms with Gasteiger partial charge in [-0.25, -0.2) is 0 Å². The molecular weight excluding hydrogens is 268 g/mol. The van der Waals surface area contributed by atoms with Crippen LogP contribution in [0.15, 0.2) is 16.7 Å². The molecule has 2 rings (SSSR count). The fraction of sp³-hybridized carbons (Fsp3) is 0.583. The average Bonchev–Trinajstić information content (AvgIpc) is 2.83. The first-order valence-corrected chi connectivity index (χ1v) is 6.59. The Morgan fingerprint density at radius 3 is 2.94 bits per heavy atom. The summed E-state index contributed by atoms with van der Waals surface area (Å²) < 4.78 is 2.97. The number of hydrogen-bond donors (Lipinski definition) is 0. The second kappa shape index (κ2) is 4.62. The zero-order valence-electron chi connectivity index (χ0n) is 9.74. The van der Waals surface area contributed by atoms with Gasteiger partial charge >= 0.3 is 0 Å². The summed E-state index contributed by atoms with van der Waals surface area (Å²) in [4.78, 5) is 14.3. The van der Waals surface area contributed by atoms with Crippen molar-refractivity contribution in [3.05, 3.63) is 22.4 Å². The molecule has 1 amide bonds. The number of carbonyl (C=O) groups is 1. The minimum atomic E-state index is 0.164. The van der Waals surface area contributed by atoms with Crippen LogP contribution in [0.25, 0.3) is 0 Å². The Kier molecular flexibility index (Phi) is 3.38. The summed E-state index contributed by atoms with van der Waals surface area (Å²) >= 11 is 3.42. The predicted molar refractivity (Wildman–Crippen MR) is 67.5 cm³/mol. The molecular formula is C12H17BrN2O. The number of amides is 1. The van der Waals surface area contributed by atoms with Gasteiger partial charge in [-0.2, -0.15) is 0 Å². The molecule has 0 aliphatic carbocycles. The van der Waals surface area contributed by atoms with Gasteiger partial charge in [-0.15, -0.1) is 0 Å². The van der Waals surface area contributed by atoms with E-state index in [0.717, 1.165) is 36.1 Å². The van der Waals surface area contributed by atoms with Crippen LogP contribution in [-0.4, -0.2) is 28.0 Å². The van der Waals surface area contributed by atoms with E-state index in [9.17, 15) is 4.79 Å². The molecule has 1 fully saturated rings. The number of hydrogen-bond acceptors (Lipinski definition) is 1. The molecule has 1 saturated heterocycles. The highest BCUT2D eigenvalue weighted by Gasteiger charge is 2.27. The van der Waals surface area contributed by atoms with Crippen molar-refractivity contribution in [3.8, 4) is 0 Å². The third kappa shape index (κ3) is 2.03. The molecule has 1 atom stereocenters. The molecule has 2 heterocycles. The van der Waals surface area contributed by atoms with E-state index < -0.39 is 0 Å². The Bertz CT molecular complexity index is 400. The summed E-state index contributed by atoms with van der Waals surface area (Å²) in [7, 11) is 0. The van der Waals surface area contributed by atoms with Gasteiger partial charge in [0.2, 0.25) is 0 Å². The van der Waals surface area contributed by atoms with E-state index in [-0.39, 0.29) is 5.91 Å². The van der Waals surface area contributed by atoms with Crippen LogP contribution >= 0.6 is 15.9 Å². The zero-order chi connectivity index (χ0) is 11.7. The second-order valence-corrected chi connectivity index (χ2v) is 5.24. The van der Waals surface area contributed by atoms with Crippen LogP contribution in [-0.2, 0) is 6.54 Å². The minimum absolute atomic E-state index is 0.164. The summed E-state index contributed by atoms with van der Waals surface area (Å²) in [6.45, 7) is 5.90. The first-order valence-electron chi connectivity index (χ1n) is 5.80. The Morgan fingerprint density at radius 1 is 1.62 bits per heavy atom. The molecule has 88 valence electrons. The number of likely N-dealkylation sites (tertiary alicyclic amines) is 1. The van der Waals surface area contributed by atoms with Crippen LogP contribution in [0, 0.1) is 0 Å². The molecule has 0 N–H and O–H groups in total. The third-order valence-electron chi connectivity index (χ3n) is 3.24. The van der Waals surface area contributed by atoms with Gasteiger partial charge in [0.05, 0.1) is 0 Å². The highest BCUT2D eigenvalue weighted by molar-refractivity contribution is 9.10. The highest BCUT2D eigenvalue weighted by Crippen LogP contribution is 2.22. The molecule has 0 radical (unpaired) electrons. The lowest BCUT2D eigenvalue weighted by Crippen LogP contribution is -2.34. The molecule has 3 nitrogen and oxygen atoms in total. The number of aryl methyl sites for hydroxylation is 1. The van der Waals surface area contributed by atoms with Gasteiger partial charge in [0.15, 0.2) is 0 Å². The van der Waals surface area contributed by atoms with Gasteiger partial charge in [0, 0.05) is 29.8 Å². The topological polar surface area (TPSA) is 25.2 Å². The van der Waals surface area contributed by atoms with E-state index in [1.165, 1.54) is 0 Å². The van der Waals surface area contributed by atoms with Crippen LogP contribution in [0.4, 0.5) is 0 Å². The van der Waals surface area contributed by atoms with E-state index in [4.69, 9.17) is 0 Å². The van der Waals surface area contributed by atoms with Crippen molar-refractivity contribution in [1.82, 2.24) is 9.47 Å². The van der Waals surface area contributed by atoms with Crippen LogP contribution in [0.2, 0.25) is 0 Å². The van der Waals surface area contributed by atoms with Crippen LogP contribution < -0.4 is 0 Å². The average molecular weight is 285 g/mol. The van der Waals surface area contributed by atoms with Crippen molar-refractivity contribution in [2.75, 3.05) is 6.54 Å². The summed E-state index contributed by atoms with van der Waals surface area (Å²) in [6.07, 6.45) is 4.22. The molecule has 1 aromatic heterocycles. The monoisotopic (exact) mass is 284 g/mol. The normalized spacial score (nSPS) is 20.4. The zero-order valence-corrected chi connectivity index (χ0v) is 11.3. The Morgan fingerprint density at radius 2 is 2.38 bits per heavy atom. The Labute approximate surface area is 105 Å². The van der Waals surface area contributed by atoms with E-state index in [1.807, 2.05) is 21.7 Å². The fourth-order valence-corrected chi connectivity index (χ4v) is 2.76. The molecule has 1 aliphatic rings. The lowest BCUT2D eigenvalue weighted by molar-refractivity contribution is 0.0736. The summed E-state index contributed by atoms with van der Waals surface area (Å²) in [6, 6.07) is 2.29. The van der Waals surface area contributed by atoms with Crippen molar-refractivity contribution < 1.29 is 4.79 Å². The largest absolute Gasteiger partial charge is 0.343 e. The van der Waals surface area contributed by atoms with Gasteiger partial charge in [-0.3, -0.25) is 4.79 Å². The molecule has 1 unspecified atom stereocenters. The fourth-order valence-electron chi connectivity index (χ4n) is 2.30. The number of rotatable bonds is 2. The molecule has 0 aromatic carbocycles. The molecule has 0 bridgehead atoms. The maximum Gasteiger partial charge on any atom is 0.270 e. The van der Waals surface area contributed by atoms with Crippen molar-refractivity contribution in [1.29, 1.82) is 0 Å². The van der Waals surface area contributed by atoms with Crippen molar-refractivity contribution in [3.63, 3.8) is 0 Å². The number of nitrogens with zero attached hydrogens (tertiary/aromatic N) is 2. The molecule has 4 heteroatoms. The van der Waals surface area contributed by atoms with E-state index in [1.54, 1.807) is 0 Å². The lowest BCUT2D eigenvalue weighted by atomic mass is 10.2. The van der Waals surface area contributed by atoms with E-state index >= 15 is 0 Å². The van der Waals surface area contributed by atoms with Gasteiger partial charge < -0.3 is 9.47 Å². The first-order chi connectivity index (χ1) is 7.63. The van der Waals surface area contributed by atoms with Crippen molar-refractivity contribution >= 4 is 21.8 Å². The maximum absolute atomic E-state index is 12.3. The third-order valence-corrected chi connectivity index (χ3v) is 3.67. The maximum atomic E-state index is 12.3. The standard InChI is InChI=1S/C12H17BrN2O/c1-3-14-8-10(13)7-11(14)12(16)15-6-4-5-9(15)2/h7-9H,3-6H2,1-2H3. The predicted octanol–water partition coefficient (Wildman–Crippen LogP) is 2.90. The van der Waals surface area contributed by atoms with Gasteiger partial charge in [0.25, 0.3) is 5.91 Å². The van der Waals surface area contributed by atoms with Crippen LogP contribution in [0.5, 0.6) is 0 Å². The summed E-state index contributed by atoms with van der Waals surface area (Å²) in [5.74, 6) is 0.164. The molecule has 1 aliphatic heterocycles. The number of aromatic nitrogens is 1. The van der Waals surface area contributed by atoms with Crippen LogP contribution in [0.3, 0.4) is 0 Å². The van der Waals surface area contributed by atoms with Gasteiger partial charge in [0.1, 0.15) is 5.69 Å². The smallest absolute Gasteiger partial charge is 0.270 e. The van der Waals surface area contributed by atoms with E-state index in [2.05, 4.69) is 29.8 Å². The molecule has 0 saturated carbocycles. The quantitative estimate of drug-likeness (QED) is 0.820. The molecule has 1 aromatic rings. The van der Waals surface area contributed by atoms with Gasteiger partial charge in [-0.1, -0.05) is 0 Å². The summed E-state index contributed by atoms with van der Waals surface area (Å²) in [5.41, 5.74) is 0.795. The molecule has 16 heavy (non-hydrogen) atoms. The first kappa shape index (κ1) is 11.7. The number of halogens is 1. The SMILES string of the molecule is CCn1cc(Br)cc1C(=O)N1CCCC1C. The minimum Gasteiger partial charge on any atom is -0.343 e. The van der Waals surface area contributed by atoms with Crippen molar-refractivity contribution in [2.24, 2.45) is 0 Å². The highest BCUT2D eigenvalue weighted by atomic mass is 79.9. The number of carbonyl (C=O) groups excluding carboxylic acids is 1. The second-order valence-electron chi connectivity index (χ2n) is 4.32. The molecule has 0 spiro atoms. The lowest BCUT2D eigenvalue weighted by Gasteiger charge is -2.21. The van der Waals surface area contributed by atoms with Crippen molar-refractivity contribution in [2.45, 2.75) is 39.3 Å². The Hall–Kier alpha value is -0.770.